The van der Waals surface area contributed by atoms with E-state index in [0.29, 0.717) is 29.2 Å². The zero-order valence-electron chi connectivity index (χ0n) is 16.7. The first kappa shape index (κ1) is 21.0. The second-order valence-corrected chi connectivity index (χ2v) is 11.0. The summed E-state index contributed by atoms with van der Waals surface area (Å²) in [4.78, 5) is 27.5. The van der Waals surface area contributed by atoms with Gasteiger partial charge in [0.25, 0.3) is 15.9 Å². The summed E-state index contributed by atoms with van der Waals surface area (Å²) in [5.74, 6) is -0.258. The van der Waals surface area contributed by atoms with Crippen molar-refractivity contribution in [2.75, 3.05) is 31.5 Å². The van der Waals surface area contributed by atoms with Crippen molar-refractivity contribution in [3.8, 4) is 0 Å². The molecule has 0 bridgehead atoms. The van der Waals surface area contributed by atoms with Crippen molar-refractivity contribution in [1.29, 1.82) is 0 Å². The molecule has 2 aliphatic heterocycles. The Hall–Kier alpha value is -2.23. The first-order chi connectivity index (χ1) is 14.4. The molecule has 7 nitrogen and oxygen atoms in total. The Labute approximate surface area is 180 Å². The van der Waals surface area contributed by atoms with Gasteiger partial charge >= 0.3 is 0 Å². The van der Waals surface area contributed by atoms with Gasteiger partial charge in [0.15, 0.2) is 0 Å². The topological polar surface area (TPSA) is 86.8 Å². The molecule has 2 aliphatic rings. The van der Waals surface area contributed by atoms with Crippen molar-refractivity contribution >= 4 is 38.9 Å². The number of amides is 2. The smallest absolute Gasteiger partial charge is 0.253 e. The molecule has 1 aromatic heterocycles. The molecule has 2 aromatic rings. The van der Waals surface area contributed by atoms with Crippen LogP contribution in [0.4, 0.5) is 5.69 Å². The lowest BCUT2D eigenvalue weighted by molar-refractivity contribution is -0.115. The normalized spacial score (nSPS) is 17.4. The quantitative estimate of drug-likeness (QED) is 0.738. The van der Waals surface area contributed by atoms with Gasteiger partial charge in [-0.15, -0.1) is 11.3 Å². The molecule has 0 aliphatic carbocycles. The number of rotatable bonds is 6. The standard InChI is InChI=1S/C21H25N3O4S2/c25-19(15-18-8-9-20(29-18)30(27,28)24-12-3-4-13-24)22-17-7-5-6-16(14-17)21(26)23-10-1-2-11-23/h5-9,14H,1-4,10-13,15H2,(H,22,25). The molecule has 9 heteroatoms. The molecule has 2 saturated heterocycles. The van der Waals surface area contributed by atoms with E-state index in [1.165, 1.54) is 4.31 Å². The van der Waals surface area contributed by atoms with Gasteiger partial charge in [0.05, 0.1) is 6.42 Å². The van der Waals surface area contributed by atoms with E-state index in [1.807, 2.05) is 4.90 Å². The van der Waals surface area contributed by atoms with Crippen LogP contribution in [0.15, 0.2) is 40.6 Å². The number of nitrogens with one attached hydrogen (secondary N) is 1. The summed E-state index contributed by atoms with van der Waals surface area (Å²) in [5, 5.41) is 2.82. The Morgan fingerprint density at radius 2 is 1.67 bits per heavy atom. The van der Waals surface area contributed by atoms with Crippen LogP contribution in [0.1, 0.15) is 40.9 Å². The van der Waals surface area contributed by atoms with Crippen molar-refractivity contribution in [2.45, 2.75) is 36.3 Å². The van der Waals surface area contributed by atoms with E-state index in [-0.39, 0.29) is 22.4 Å². The molecule has 4 rings (SSSR count). The third-order valence-corrected chi connectivity index (χ3v) is 8.87. The first-order valence-corrected chi connectivity index (χ1v) is 12.5. The highest BCUT2D eigenvalue weighted by atomic mass is 32.2. The molecule has 0 saturated carbocycles. The highest BCUT2D eigenvalue weighted by Gasteiger charge is 2.28. The van der Waals surface area contributed by atoms with Gasteiger partial charge in [-0.3, -0.25) is 9.59 Å². The van der Waals surface area contributed by atoms with Crippen LogP contribution < -0.4 is 5.32 Å². The first-order valence-electron chi connectivity index (χ1n) is 10.2. The molecule has 30 heavy (non-hydrogen) atoms. The third-order valence-electron chi connectivity index (χ3n) is 5.42. The lowest BCUT2D eigenvalue weighted by atomic mass is 10.1. The Balaban J connectivity index is 1.39. The molecule has 1 aromatic carbocycles. The molecule has 0 radical (unpaired) electrons. The number of nitrogens with zero attached hydrogens (tertiary/aromatic N) is 2. The molecule has 3 heterocycles. The summed E-state index contributed by atoms with van der Waals surface area (Å²) in [5.41, 5.74) is 1.12. The number of hydrogen-bond acceptors (Lipinski definition) is 5. The average Bonchev–Trinajstić information content (AvgIpc) is 3.49. The van der Waals surface area contributed by atoms with Crippen molar-refractivity contribution in [3.05, 3.63) is 46.8 Å². The Kier molecular flexibility index (Phi) is 6.21. The molecule has 160 valence electrons. The number of benzene rings is 1. The van der Waals surface area contributed by atoms with E-state index in [1.54, 1.807) is 36.4 Å². The van der Waals surface area contributed by atoms with Crippen molar-refractivity contribution in [3.63, 3.8) is 0 Å². The Morgan fingerprint density at radius 1 is 0.967 bits per heavy atom. The van der Waals surface area contributed by atoms with E-state index in [2.05, 4.69) is 5.32 Å². The van der Waals surface area contributed by atoms with Gasteiger partial charge in [-0.25, -0.2) is 8.42 Å². The number of carbonyl (C=O) groups is 2. The van der Waals surface area contributed by atoms with Gasteiger partial charge in [0.1, 0.15) is 4.21 Å². The number of carbonyl (C=O) groups excluding carboxylic acids is 2. The molecule has 0 spiro atoms. The predicted molar refractivity (Wildman–Crippen MR) is 116 cm³/mol. The molecule has 1 N–H and O–H groups in total. The summed E-state index contributed by atoms with van der Waals surface area (Å²) in [7, 11) is -3.46. The van der Waals surface area contributed by atoms with Crippen LogP contribution in [0.2, 0.25) is 0 Å². The Bertz CT molecular complexity index is 1040. The van der Waals surface area contributed by atoms with Gasteiger partial charge in [0.2, 0.25) is 5.91 Å². The molecular formula is C21H25N3O4S2. The van der Waals surface area contributed by atoms with E-state index in [4.69, 9.17) is 0 Å². The number of sulfonamides is 1. The van der Waals surface area contributed by atoms with Gasteiger partial charge in [-0.2, -0.15) is 4.31 Å². The van der Waals surface area contributed by atoms with Crippen LogP contribution in [-0.2, 0) is 21.2 Å². The monoisotopic (exact) mass is 447 g/mol. The summed E-state index contributed by atoms with van der Waals surface area (Å²) < 4.78 is 27.1. The van der Waals surface area contributed by atoms with Crippen LogP contribution in [0.5, 0.6) is 0 Å². The van der Waals surface area contributed by atoms with E-state index >= 15 is 0 Å². The zero-order valence-corrected chi connectivity index (χ0v) is 18.3. The van der Waals surface area contributed by atoms with Gasteiger partial charge in [-0.05, 0) is 56.0 Å². The maximum absolute atomic E-state index is 12.6. The highest BCUT2D eigenvalue weighted by Crippen LogP contribution is 2.28. The summed E-state index contributed by atoms with van der Waals surface area (Å²) >= 11 is 1.14. The molecule has 0 unspecified atom stereocenters. The van der Waals surface area contributed by atoms with E-state index in [9.17, 15) is 18.0 Å². The fourth-order valence-electron chi connectivity index (χ4n) is 3.84. The third kappa shape index (κ3) is 4.58. The summed E-state index contributed by atoms with van der Waals surface area (Å²) in [6.07, 6.45) is 3.92. The van der Waals surface area contributed by atoms with Crippen molar-refractivity contribution < 1.29 is 18.0 Å². The number of thiophene rings is 1. The Morgan fingerprint density at radius 3 is 2.40 bits per heavy atom. The zero-order chi connectivity index (χ0) is 21.1. The van der Waals surface area contributed by atoms with Gasteiger partial charge < -0.3 is 10.2 Å². The maximum atomic E-state index is 12.6. The highest BCUT2D eigenvalue weighted by molar-refractivity contribution is 7.91. The minimum absolute atomic E-state index is 0.0152. The molecule has 2 amide bonds. The number of likely N-dealkylation sites (tertiary alicyclic amines) is 1. The van der Waals surface area contributed by atoms with Crippen LogP contribution in [0.3, 0.4) is 0 Å². The second kappa shape index (κ2) is 8.87. The summed E-state index contributed by atoms with van der Waals surface area (Å²) in [6.45, 7) is 2.66. The van der Waals surface area contributed by atoms with Crippen molar-refractivity contribution in [2.24, 2.45) is 0 Å². The fraction of sp³-hybridized carbons (Fsp3) is 0.429. The molecule has 0 atom stereocenters. The van der Waals surface area contributed by atoms with Crippen LogP contribution in [0.25, 0.3) is 0 Å². The fourth-order valence-corrected chi connectivity index (χ4v) is 6.87. The number of hydrogen-bond donors (Lipinski definition) is 1. The predicted octanol–water partition coefficient (Wildman–Crippen LogP) is 2.95. The van der Waals surface area contributed by atoms with Crippen LogP contribution >= 0.6 is 11.3 Å². The van der Waals surface area contributed by atoms with Crippen LogP contribution in [0, 0.1) is 0 Å². The van der Waals surface area contributed by atoms with E-state index in [0.717, 1.165) is 50.1 Å². The van der Waals surface area contributed by atoms with Crippen LogP contribution in [-0.4, -0.2) is 55.6 Å². The molecular weight excluding hydrogens is 422 g/mol. The minimum atomic E-state index is -3.46. The van der Waals surface area contributed by atoms with Crippen molar-refractivity contribution in [1.82, 2.24) is 9.21 Å². The van der Waals surface area contributed by atoms with Gasteiger partial charge in [0, 0.05) is 42.3 Å². The number of anilines is 1. The lowest BCUT2D eigenvalue weighted by Gasteiger charge is -2.15. The minimum Gasteiger partial charge on any atom is -0.339 e. The SMILES string of the molecule is O=C(Cc1ccc(S(=O)(=O)N2CCCC2)s1)Nc1cccc(C(=O)N2CCCC2)c1. The average molecular weight is 448 g/mol. The second-order valence-electron chi connectivity index (χ2n) is 7.64. The van der Waals surface area contributed by atoms with E-state index < -0.39 is 10.0 Å². The summed E-state index contributed by atoms with van der Waals surface area (Å²) in [6, 6.07) is 10.2. The molecule has 2 fully saturated rings. The maximum Gasteiger partial charge on any atom is 0.253 e. The largest absolute Gasteiger partial charge is 0.339 e. The lowest BCUT2D eigenvalue weighted by Crippen LogP contribution is -2.27. The van der Waals surface area contributed by atoms with Gasteiger partial charge in [-0.1, -0.05) is 6.07 Å².